The Morgan fingerprint density at radius 1 is 1.03 bits per heavy atom. The molecule has 0 saturated carbocycles. The molecule has 2 aromatic rings. The van der Waals surface area contributed by atoms with Crippen molar-refractivity contribution in [1.82, 2.24) is 4.90 Å². The molecule has 30 heavy (non-hydrogen) atoms. The molecular weight excluding hydrogens is 386 g/mol. The average Bonchev–Trinajstić information content (AvgIpc) is 2.79. The largest absolute Gasteiger partial charge is 0.491 e. The summed E-state index contributed by atoms with van der Waals surface area (Å²) in [5.74, 6) is 0.497. The summed E-state index contributed by atoms with van der Waals surface area (Å²) >= 11 is 0. The zero-order valence-corrected chi connectivity index (χ0v) is 17.1. The number of carbonyl (C=O) groups is 2. The third kappa shape index (κ3) is 6.47. The monoisotopic (exact) mass is 413 g/mol. The van der Waals surface area contributed by atoms with Crippen LogP contribution in [0.3, 0.4) is 0 Å². The Morgan fingerprint density at radius 3 is 2.53 bits per heavy atom. The Bertz CT molecular complexity index is 835. The van der Waals surface area contributed by atoms with E-state index < -0.39 is 0 Å². The standard InChI is InChI=1S/C22H27N3O5/c1-28-13-14-30-20-4-2-3-19(15-20)23-16-21(26)24-18-7-5-17(6-8-18)22(27)25-9-11-29-12-10-25/h2-8,15,23H,9-14,16H2,1H3,(H,24,26). The Balaban J connectivity index is 1.47. The first-order chi connectivity index (χ1) is 14.7. The van der Waals surface area contributed by atoms with Crippen molar-refractivity contribution in [2.45, 2.75) is 0 Å². The summed E-state index contributed by atoms with van der Waals surface area (Å²) in [6.07, 6.45) is 0. The highest BCUT2D eigenvalue weighted by Crippen LogP contribution is 2.17. The van der Waals surface area contributed by atoms with Crippen LogP contribution in [-0.2, 0) is 14.3 Å². The zero-order valence-electron chi connectivity index (χ0n) is 17.1. The number of morpholine rings is 1. The minimum absolute atomic E-state index is 0.0227. The smallest absolute Gasteiger partial charge is 0.254 e. The molecule has 0 aromatic heterocycles. The van der Waals surface area contributed by atoms with Crippen LogP contribution in [0.2, 0.25) is 0 Å². The molecule has 8 heteroatoms. The van der Waals surface area contributed by atoms with Crippen LogP contribution in [0.25, 0.3) is 0 Å². The van der Waals surface area contributed by atoms with Crippen LogP contribution in [0.1, 0.15) is 10.4 Å². The zero-order chi connectivity index (χ0) is 21.2. The van der Waals surface area contributed by atoms with Crippen LogP contribution in [-0.4, -0.2) is 69.9 Å². The van der Waals surface area contributed by atoms with E-state index in [4.69, 9.17) is 14.2 Å². The summed E-state index contributed by atoms with van der Waals surface area (Å²) in [4.78, 5) is 26.5. The van der Waals surface area contributed by atoms with E-state index in [2.05, 4.69) is 10.6 Å². The van der Waals surface area contributed by atoms with Crippen LogP contribution >= 0.6 is 0 Å². The number of hydrogen-bond donors (Lipinski definition) is 2. The molecule has 160 valence electrons. The molecule has 3 rings (SSSR count). The Morgan fingerprint density at radius 2 is 1.80 bits per heavy atom. The van der Waals surface area contributed by atoms with Crippen molar-refractivity contribution < 1.29 is 23.8 Å². The Labute approximate surface area is 176 Å². The summed E-state index contributed by atoms with van der Waals surface area (Å²) in [6, 6.07) is 14.3. The van der Waals surface area contributed by atoms with Gasteiger partial charge in [0.2, 0.25) is 5.91 Å². The number of ether oxygens (including phenoxy) is 3. The summed E-state index contributed by atoms with van der Waals surface area (Å²) in [5, 5.41) is 5.89. The lowest BCUT2D eigenvalue weighted by molar-refractivity contribution is -0.114. The number of hydrogen-bond acceptors (Lipinski definition) is 6. The molecule has 2 amide bonds. The van der Waals surface area contributed by atoms with Crippen molar-refractivity contribution in [3.63, 3.8) is 0 Å². The molecule has 2 N–H and O–H groups in total. The highest BCUT2D eigenvalue weighted by Gasteiger charge is 2.18. The summed E-state index contributed by atoms with van der Waals surface area (Å²) in [7, 11) is 1.62. The first-order valence-corrected chi connectivity index (χ1v) is 9.88. The minimum Gasteiger partial charge on any atom is -0.491 e. The van der Waals surface area contributed by atoms with Crippen LogP contribution in [0.4, 0.5) is 11.4 Å². The maximum Gasteiger partial charge on any atom is 0.254 e. The van der Waals surface area contributed by atoms with Gasteiger partial charge in [-0.25, -0.2) is 0 Å². The van der Waals surface area contributed by atoms with Gasteiger partial charge in [0.25, 0.3) is 5.91 Å². The van der Waals surface area contributed by atoms with E-state index >= 15 is 0 Å². The number of nitrogens with one attached hydrogen (secondary N) is 2. The molecule has 8 nitrogen and oxygen atoms in total. The Kier molecular flexibility index (Phi) is 8.05. The van der Waals surface area contributed by atoms with Gasteiger partial charge < -0.3 is 29.7 Å². The number of rotatable bonds is 9. The molecule has 0 unspecified atom stereocenters. The van der Waals surface area contributed by atoms with E-state index in [-0.39, 0.29) is 18.4 Å². The van der Waals surface area contributed by atoms with Crippen LogP contribution < -0.4 is 15.4 Å². The summed E-state index contributed by atoms with van der Waals surface area (Å²) in [6.45, 7) is 3.41. The second-order valence-electron chi connectivity index (χ2n) is 6.75. The Hall–Kier alpha value is -3.10. The molecular formula is C22H27N3O5. The van der Waals surface area contributed by atoms with Crippen molar-refractivity contribution in [2.75, 3.05) is 63.8 Å². The molecule has 1 aliphatic heterocycles. The van der Waals surface area contributed by atoms with Crippen molar-refractivity contribution in [3.8, 4) is 5.75 Å². The van der Waals surface area contributed by atoms with Crippen molar-refractivity contribution in [3.05, 3.63) is 54.1 Å². The molecule has 1 fully saturated rings. The third-order valence-electron chi connectivity index (χ3n) is 4.56. The van der Waals surface area contributed by atoms with E-state index in [0.29, 0.717) is 56.5 Å². The minimum atomic E-state index is -0.187. The fourth-order valence-corrected chi connectivity index (χ4v) is 2.97. The topological polar surface area (TPSA) is 89.1 Å². The van der Waals surface area contributed by atoms with Gasteiger partial charge in [0.1, 0.15) is 12.4 Å². The molecule has 1 saturated heterocycles. The fraction of sp³-hybridized carbons (Fsp3) is 0.364. The average molecular weight is 413 g/mol. The molecule has 0 bridgehead atoms. The van der Waals surface area contributed by atoms with Gasteiger partial charge in [0.05, 0.1) is 26.4 Å². The first kappa shape index (κ1) is 21.6. The molecule has 2 aromatic carbocycles. The van der Waals surface area contributed by atoms with E-state index in [0.717, 1.165) is 5.69 Å². The maximum absolute atomic E-state index is 12.5. The molecule has 0 atom stereocenters. The van der Waals surface area contributed by atoms with Gasteiger partial charge in [-0.1, -0.05) is 6.07 Å². The normalized spacial score (nSPS) is 13.6. The van der Waals surface area contributed by atoms with E-state index in [1.165, 1.54) is 0 Å². The number of anilines is 2. The predicted molar refractivity (Wildman–Crippen MR) is 114 cm³/mol. The van der Waals surface area contributed by atoms with Crippen molar-refractivity contribution in [2.24, 2.45) is 0 Å². The maximum atomic E-state index is 12.5. The predicted octanol–water partition coefficient (Wildman–Crippen LogP) is 2.23. The summed E-state index contributed by atoms with van der Waals surface area (Å²) < 4.78 is 15.8. The SMILES string of the molecule is COCCOc1cccc(NCC(=O)Nc2ccc(C(=O)N3CCOCC3)cc2)c1. The second-order valence-corrected chi connectivity index (χ2v) is 6.75. The molecule has 0 aliphatic carbocycles. The quantitative estimate of drug-likeness (QED) is 0.613. The van der Waals surface area contributed by atoms with Gasteiger partial charge in [-0.3, -0.25) is 9.59 Å². The van der Waals surface area contributed by atoms with Gasteiger partial charge in [-0.15, -0.1) is 0 Å². The lowest BCUT2D eigenvalue weighted by Crippen LogP contribution is -2.40. The van der Waals surface area contributed by atoms with E-state index in [1.54, 1.807) is 36.3 Å². The van der Waals surface area contributed by atoms with Crippen LogP contribution in [0.15, 0.2) is 48.5 Å². The summed E-state index contributed by atoms with van der Waals surface area (Å²) in [5.41, 5.74) is 2.02. The van der Waals surface area contributed by atoms with Gasteiger partial charge in [0.15, 0.2) is 0 Å². The second kappa shape index (κ2) is 11.2. The lowest BCUT2D eigenvalue weighted by atomic mass is 10.1. The molecule has 0 radical (unpaired) electrons. The van der Waals surface area contributed by atoms with Gasteiger partial charge in [-0.2, -0.15) is 0 Å². The lowest BCUT2D eigenvalue weighted by Gasteiger charge is -2.26. The molecule has 0 spiro atoms. The molecule has 1 heterocycles. The van der Waals surface area contributed by atoms with Crippen molar-refractivity contribution in [1.29, 1.82) is 0 Å². The highest BCUT2D eigenvalue weighted by molar-refractivity contribution is 5.96. The number of methoxy groups -OCH3 is 1. The van der Waals surface area contributed by atoms with Gasteiger partial charge in [0, 0.05) is 43.2 Å². The highest BCUT2D eigenvalue weighted by atomic mass is 16.5. The van der Waals surface area contributed by atoms with Gasteiger partial charge >= 0.3 is 0 Å². The van der Waals surface area contributed by atoms with Crippen molar-refractivity contribution >= 4 is 23.2 Å². The van der Waals surface area contributed by atoms with E-state index in [1.807, 2.05) is 24.3 Å². The number of nitrogens with zero attached hydrogens (tertiary/aromatic N) is 1. The molecule has 1 aliphatic rings. The van der Waals surface area contributed by atoms with E-state index in [9.17, 15) is 9.59 Å². The number of amides is 2. The van der Waals surface area contributed by atoms with Crippen LogP contribution in [0, 0.1) is 0 Å². The van der Waals surface area contributed by atoms with Gasteiger partial charge in [-0.05, 0) is 36.4 Å². The van der Waals surface area contributed by atoms with Crippen LogP contribution in [0.5, 0.6) is 5.75 Å². The number of carbonyl (C=O) groups excluding carboxylic acids is 2. The fourth-order valence-electron chi connectivity index (χ4n) is 2.97. The third-order valence-corrected chi connectivity index (χ3v) is 4.56. The number of benzene rings is 2. The first-order valence-electron chi connectivity index (χ1n) is 9.88.